The highest BCUT2D eigenvalue weighted by molar-refractivity contribution is 5.92. The summed E-state index contributed by atoms with van der Waals surface area (Å²) in [5, 5.41) is 2.87. The Morgan fingerprint density at radius 2 is 2.17 bits per heavy atom. The fraction of sp³-hybridized carbons (Fsp3) is 0.615. The van der Waals surface area contributed by atoms with Gasteiger partial charge in [-0.1, -0.05) is 13.3 Å². The maximum Gasteiger partial charge on any atom is 0.270 e. The zero-order chi connectivity index (χ0) is 12.8. The molecule has 5 nitrogen and oxygen atoms in total. The predicted octanol–water partition coefficient (Wildman–Crippen LogP) is 1.61. The zero-order valence-electron chi connectivity index (χ0n) is 10.9. The first-order valence-corrected chi connectivity index (χ1v) is 6.66. The van der Waals surface area contributed by atoms with E-state index in [2.05, 4.69) is 27.1 Å². The Morgan fingerprint density at radius 1 is 1.39 bits per heavy atom. The van der Waals surface area contributed by atoms with Gasteiger partial charge in [0.05, 0.1) is 0 Å². The van der Waals surface area contributed by atoms with Crippen molar-refractivity contribution in [1.82, 2.24) is 15.3 Å². The highest BCUT2D eigenvalue weighted by Gasteiger charge is 2.15. The van der Waals surface area contributed by atoms with Gasteiger partial charge in [0.15, 0.2) is 0 Å². The lowest BCUT2D eigenvalue weighted by atomic mass is 10.3. The molecule has 1 N–H and O–H groups in total. The number of rotatable bonds is 5. The summed E-state index contributed by atoms with van der Waals surface area (Å²) in [5.41, 5.74) is 0.461. The summed E-state index contributed by atoms with van der Waals surface area (Å²) in [4.78, 5) is 22.3. The normalized spacial score (nSPS) is 14.8. The van der Waals surface area contributed by atoms with E-state index in [9.17, 15) is 4.79 Å². The van der Waals surface area contributed by atoms with Gasteiger partial charge in [0.2, 0.25) is 0 Å². The molecule has 1 aliphatic heterocycles. The first kappa shape index (κ1) is 12.8. The van der Waals surface area contributed by atoms with E-state index in [0.29, 0.717) is 12.2 Å². The van der Waals surface area contributed by atoms with Gasteiger partial charge in [0, 0.05) is 25.7 Å². The molecule has 0 bridgehead atoms. The summed E-state index contributed by atoms with van der Waals surface area (Å²) in [6.45, 7) is 4.85. The smallest absolute Gasteiger partial charge is 0.270 e. The predicted molar refractivity (Wildman–Crippen MR) is 70.7 cm³/mol. The largest absolute Gasteiger partial charge is 0.357 e. The Bertz CT molecular complexity index is 402. The fourth-order valence-corrected chi connectivity index (χ4v) is 2.06. The van der Waals surface area contributed by atoms with E-state index in [1.165, 1.54) is 19.2 Å². The molecule has 1 saturated heterocycles. The van der Waals surface area contributed by atoms with Crippen LogP contribution in [0.4, 0.5) is 5.82 Å². The number of carbonyl (C=O) groups is 1. The lowest BCUT2D eigenvalue weighted by molar-refractivity contribution is 0.0948. The molecule has 0 atom stereocenters. The van der Waals surface area contributed by atoms with E-state index < -0.39 is 0 Å². The number of nitrogens with one attached hydrogen (secondary N) is 1. The van der Waals surface area contributed by atoms with E-state index in [1.54, 1.807) is 6.07 Å². The van der Waals surface area contributed by atoms with Crippen LogP contribution in [0.3, 0.4) is 0 Å². The second kappa shape index (κ2) is 6.33. The first-order chi connectivity index (χ1) is 8.81. The van der Waals surface area contributed by atoms with Gasteiger partial charge in [-0.25, -0.2) is 9.97 Å². The third-order valence-electron chi connectivity index (χ3n) is 3.13. The van der Waals surface area contributed by atoms with Crippen molar-refractivity contribution in [3.63, 3.8) is 0 Å². The minimum Gasteiger partial charge on any atom is -0.357 e. The topological polar surface area (TPSA) is 58.1 Å². The summed E-state index contributed by atoms with van der Waals surface area (Å²) < 4.78 is 0. The van der Waals surface area contributed by atoms with Crippen LogP contribution in [0, 0.1) is 0 Å². The van der Waals surface area contributed by atoms with Crippen molar-refractivity contribution in [1.29, 1.82) is 0 Å². The Balaban J connectivity index is 1.99. The minimum atomic E-state index is -0.105. The van der Waals surface area contributed by atoms with E-state index in [1.807, 2.05) is 0 Å². The second-order valence-electron chi connectivity index (χ2n) is 4.57. The van der Waals surface area contributed by atoms with Crippen molar-refractivity contribution in [2.75, 3.05) is 24.5 Å². The van der Waals surface area contributed by atoms with Gasteiger partial charge in [-0.2, -0.15) is 0 Å². The van der Waals surface area contributed by atoms with E-state index >= 15 is 0 Å². The average Bonchev–Trinajstić information content (AvgIpc) is 2.93. The first-order valence-electron chi connectivity index (χ1n) is 6.66. The highest BCUT2D eigenvalue weighted by Crippen LogP contribution is 2.17. The molecule has 0 spiro atoms. The monoisotopic (exact) mass is 248 g/mol. The standard InChI is InChI=1S/C13H20N4O/c1-2-3-6-14-13(18)11-9-12(16-10-15-11)17-7-4-5-8-17/h9-10H,2-8H2,1H3,(H,14,18). The molecular formula is C13H20N4O. The second-order valence-corrected chi connectivity index (χ2v) is 4.57. The molecule has 0 aromatic carbocycles. The van der Waals surface area contributed by atoms with Gasteiger partial charge in [0.25, 0.3) is 5.91 Å². The van der Waals surface area contributed by atoms with Crippen molar-refractivity contribution in [2.45, 2.75) is 32.6 Å². The number of unbranched alkanes of at least 4 members (excludes halogenated alkanes) is 1. The lowest BCUT2D eigenvalue weighted by Gasteiger charge is -2.16. The zero-order valence-corrected chi connectivity index (χ0v) is 10.9. The van der Waals surface area contributed by atoms with Crippen molar-refractivity contribution >= 4 is 11.7 Å². The maximum atomic E-state index is 11.9. The third-order valence-corrected chi connectivity index (χ3v) is 3.13. The van der Waals surface area contributed by atoms with Gasteiger partial charge in [-0.15, -0.1) is 0 Å². The lowest BCUT2D eigenvalue weighted by Crippen LogP contribution is -2.26. The molecule has 1 aromatic heterocycles. The third kappa shape index (κ3) is 3.18. The molecule has 1 amide bonds. The molecule has 0 saturated carbocycles. The Labute approximate surface area is 108 Å². The minimum absolute atomic E-state index is 0.105. The van der Waals surface area contributed by atoms with Crippen LogP contribution in [0.15, 0.2) is 12.4 Å². The molecule has 98 valence electrons. The molecule has 1 fully saturated rings. The molecule has 5 heteroatoms. The molecular weight excluding hydrogens is 228 g/mol. The molecule has 18 heavy (non-hydrogen) atoms. The van der Waals surface area contributed by atoms with Crippen molar-refractivity contribution in [2.24, 2.45) is 0 Å². The molecule has 0 radical (unpaired) electrons. The summed E-state index contributed by atoms with van der Waals surface area (Å²) in [6.07, 6.45) is 5.94. The molecule has 1 aliphatic rings. The molecule has 0 aliphatic carbocycles. The summed E-state index contributed by atoms with van der Waals surface area (Å²) >= 11 is 0. The van der Waals surface area contributed by atoms with Crippen LogP contribution in [0.25, 0.3) is 0 Å². The van der Waals surface area contributed by atoms with Crippen LogP contribution >= 0.6 is 0 Å². The van der Waals surface area contributed by atoms with Crippen LogP contribution in [0.1, 0.15) is 43.1 Å². The maximum absolute atomic E-state index is 11.9. The number of anilines is 1. The fourth-order valence-electron chi connectivity index (χ4n) is 2.06. The number of hydrogen-bond donors (Lipinski definition) is 1. The molecule has 1 aromatic rings. The Kier molecular flexibility index (Phi) is 4.50. The quantitative estimate of drug-likeness (QED) is 0.804. The van der Waals surface area contributed by atoms with Crippen molar-refractivity contribution in [3.05, 3.63) is 18.1 Å². The van der Waals surface area contributed by atoms with Gasteiger partial charge in [-0.3, -0.25) is 4.79 Å². The van der Waals surface area contributed by atoms with Crippen molar-refractivity contribution < 1.29 is 4.79 Å². The van der Waals surface area contributed by atoms with Crippen LogP contribution in [-0.4, -0.2) is 35.5 Å². The Morgan fingerprint density at radius 3 is 2.89 bits per heavy atom. The van der Waals surface area contributed by atoms with E-state index in [0.717, 1.165) is 31.7 Å². The summed E-state index contributed by atoms with van der Waals surface area (Å²) in [7, 11) is 0. The highest BCUT2D eigenvalue weighted by atomic mass is 16.1. The summed E-state index contributed by atoms with van der Waals surface area (Å²) in [6, 6.07) is 1.78. The Hall–Kier alpha value is -1.65. The van der Waals surface area contributed by atoms with Crippen LogP contribution < -0.4 is 10.2 Å². The number of carbonyl (C=O) groups excluding carboxylic acids is 1. The van der Waals surface area contributed by atoms with Gasteiger partial charge < -0.3 is 10.2 Å². The van der Waals surface area contributed by atoms with E-state index in [4.69, 9.17) is 0 Å². The molecule has 2 heterocycles. The van der Waals surface area contributed by atoms with Gasteiger partial charge in [0.1, 0.15) is 17.8 Å². The number of hydrogen-bond acceptors (Lipinski definition) is 4. The SMILES string of the molecule is CCCCNC(=O)c1cc(N2CCCC2)ncn1. The van der Waals surface area contributed by atoms with Crippen LogP contribution in [0.5, 0.6) is 0 Å². The van der Waals surface area contributed by atoms with Crippen LogP contribution in [-0.2, 0) is 0 Å². The number of aromatic nitrogens is 2. The average molecular weight is 248 g/mol. The molecule has 2 rings (SSSR count). The number of nitrogens with zero attached hydrogens (tertiary/aromatic N) is 3. The van der Waals surface area contributed by atoms with Gasteiger partial charge >= 0.3 is 0 Å². The number of amides is 1. The van der Waals surface area contributed by atoms with Crippen LogP contribution in [0.2, 0.25) is 0 Å². The van der Waals surface area contributed by atoms with E-state index in [-0.39, 0.29) is 5.91 Å². The van der Waals surface area contributed by atoms with Gasteiger partial charge in [-0.05, 0) is 19.3 Å². The van der Waals surface area contributed by atoms with Crippen molar-refractivity contribution in [3.8, 4) is 0 Å². The molecule has 0 unspecified atom stereocenters. The summed E-state index contributed by atoms with van der Waals surface area (Å²) in [5.74, 6) is 0.759.